The van der Waals surface area contributed by atoms with E-state index in [2.05, 4.69) is 33.6 Å². The van der Waals surface area contributed by atoms with Crippen molar-refractivity contribution < 1.29 is 0 Å². The maximum atomic E-state index is 5.76. The van der Waals surface area contributed by atoms with E-state index in [-0.39, 0.29) is 0 Å². The molecule has 0 aromatic carbocycles. The number of rotatable bonds is 7. The summed E-state index contributed by atoms with van der Waals surface area (Å²) in [5.41, 5.74) is 1.16. The van der Waals surface area contributed by atoms with E-state index in [0.717, 1.165) is 44.0 Å². The molecular weight excluding hydrogens is 272 g/mol. The van der Waals surface area contributed by atoms with E-state index in [4.69, 9.17) is 11.6 Å². The summed E-state index contributed by atoms with van der Waals surface area (Å²) in [5, 5.41) is 7.08. The van der Waals surface area contributed by atoms with Gasteiger partial charge in [-0.25, -0.2) is 4.98 Å². The van der Waals surface area contributed by atoms with Gasteiger partial charge in [0.15, 0.2) is 5.96 Å². The number of nitrogens with zero attached hydrogens (tertiary/aromatic N) is 2. The summed E-state index contributed by atoms with van der Waals surface area (Å²) in [6, 6.07) is 3.81. The summed E-state index contributed by atoms with van der Waals surface area (Å²) in [5.74, 6) is 0.860. The normalized spacial score (nSPS) is 11.8. The fraction of sp³-hybridized carbons (Fsp3) is 0.467. The molecule has 1 aromatic rings. The highest BCUT2D eigenvalue weighted by molar-refractivity contribution is 6.29. The number of aromatic nitrogens is 1. The number of pyridine rings is 1. The first-order valence-electron chi connectivity index (χ1n) is 7.00. The van der Waals surface area contributed by atoms with Gasteiger partial charge in [0, 0.05) is 25.8 Å². The van der Waals surface area contributed by atoms with Crippen LogP contribution < -0.4 is 10.6 Å². The minimum Gasteiger partial charge on any atom is -0.357 e. The molecule has 0 aliphatic heterocycles. The van der Waals surface area contributed by atoms with Crippen LogP contribution in [-0.2, 0) is 6.42 Å². The average molecular weight is 295 g/mol. The maximum absolute atomic E-state index is 5.76. The van der Waals surface area contributed by atoms with E-state index in [1.807, 2.05) is 25.1 Å². The number of allylic oxidation sites excluding steroid dienone is 1. The van der Waals surface area contributed by atoms with E-state index < -0.39 is 0 Å². The average Bonchev–Trinajstić information content (AvgIpc) is 2.45. The quantitative estimate of drug-likeness (QED) is 0.267. The van der Waals surface area contributed by atoms with Crippen LogP contribution in [0.1, 0.15) is 25.8 Å². The molecule has 1 heterocycles. The van der Waals surface area contributed by atoms with Gasteiger partial charge in [0.1, 0.15) is 5.15 Å². The third-order valence-electron chi connectivity index (χ3n) is 2.64. The number of guanidine groups is 1. The molecule has 20 heavy (non-hydrogen) atoms. The Morgan fingerprint density at radius 3 is 2.90 bits per heavy atom. The fourth-order valence-corrected chi connectivity index (χ4v) is 1.75. The van der Waals surface area contributed by atoms with Crippen molar-refractivity contribution in [2.24, 2.45) is 4.99 Å². The number of nitrogens with one attached hydrogen (secondary N) is 2. The topological polar surface area (TPSA) is 49.3 Å². The van der Waals surface area contributed by atoms with E-state index in [9.17, 15) is 0 Å². The van der Waals surface area contributed by atoms with Gasteiger partial charge >= 0.3 is 0 Å². The molecular formula is C15H23ClN4. The van der Waals surface area contributed by atoms with Crippen LogP contribution in [0.2, 0.25) is 5.15 Å². The smallest absolute Gasteiger partial charge is 0.191 e. The molecule has 5 heteroatoms. The standard InChI is InChI=1S/C15H23ClN4/c1-3-5-6-10-18-15(17-4-2)19-11-9-13-7-8-14(16)20-12-13/h3,5,7-8,12H,4,6,9-11H2,1-2H3,(H2,17,18,19)/b5-3+. The molecule has 4 nitrogen and oxygen atoms in total. The molecule has 0 aliphatic rings. The highest BCUT2D eigenvalue weighted by Gasteiger charge is 1.98. The summed E-state index contributed by atoms with van der Waals surface area (Å²) < 4.78 is 0. The summed E-state index contributed by atoms with van der Waals surface area (Å²) in [7, 11) is 0. The van der Waals surface area contributed by atoms with E-state index in [1.165, 1.54) is 0 Å². The van der Waals surface area contributed by atoms with Crippen molar-refractivity contribution in [1.29, 1.82) is 0 Å². The maximum Gasteiger partial charge on any atom is 0.191 e. The fourth-order valence-electron chi connectivity index (χ4n) is 1.64. The lowest BCUT2D eigenvalue weighted by molar-refractivity contribution is 0.797. The number of hydrogen-bond acceptors (Lipinski definition) is 2. The zero-order chi connectivity index (χ0) is 14.6. The van der Waals surface area contributed by atoms with Crippen LogP contribution in [0.15, 0.2) is 35.5 Å². The Balaban J connectivity index is 2.36. The molecule has 0 saturated carbocycles. The second-order valence-corrected chi connectivity index (χ2v) is 4.67. The lowest BCUT2D eigenvalue weighted by Crippen LogP contribution is -2.38. The monoisotopic (exact) mass is 294 g/mol. The molecule has 1 rings (SSSR count). The minimum absolute atomic E-state index is 0.528. The molecule has 110 valence electrons. The van der Waals surface area contributed by atoms with Crippen LogP contribution >= 0.6 is 11.6 Å². The van der Waals surface area contributed by atoms with Gasteiger partial charge in [-0.15, -0.1) is 0 Å². The SMILES string of the molecule is C/C=C/CCN=C(NCC)NCCc1ccc(Cl)nc1. The van der Waals surface area contributed by atoms with Gasteiger partial charge in [0.25, 0.3) is 0 Å². The molecule has 0 bridgehead atoms. The summed E-state index contributed by atoms with van der Waals surface area (Å²) in [4.78, 5) is 8.57. The van der Waals surface area contributed by atoms with E-state index in [1.54, 1.807) is 6.20 Å². The first kappa shape index (κ1) is 16.5. The zero-order valence-corrected chi connectivity index (χ0v) is 13.0. The van der Waals surface area contributed by atoms with Crippen molar-refractivity contribution in [2.75, 3.05) is 19.6 Å². The number of halogens is 1. The van der Waals surface area contributed by atoms with Crippen molar-refractivity contribution in [2.45, 2.75) is 26.7 Å². The minimum atomic E-state index is 0.528. The third-order valence-corrected chi connectivity index (χ3v) is 2.86. The lowest BCUT2D eigenvalue weighted by Gasteiger charge is -2.11. The van der Waals surface area contributed by atoms with E-state index in [0.29, 0.717) is 5.15 Å². The Bertz CT molecular complexity index is 426. The molecule has 0 aliphatic carbocycles. The molecule has 0 fully saturated rings. The van der Waals surface area contributed by atoms with Gasteiger partial charge < -0.3 is 10.6 Å². The highest BCUT2D eigenvalue weighted by Crippen LogP contribution is 2.05. The third kappa shape index (κ3) is 7.14. The Morgan fingerprint density at radius 2 is 2.25 bits per heavy atom. The van der Waals surface area contributed by atoms with Gasteiger partial charge in [-0.3, -0.25) is 4.99 Å². The summed E-state index contributed by atoms with van der Waals surface area (Å²) >= 11 is 5.76. The second-order valence-electron chi connectivity index (χ2n) is 4.28. The van der Waals surface area contributed by atoms with Crippen molar-refractivity contribution >= 4 is 17.6 Å². The van der Waals surface area contributed by atoms with Crippen LogP contribution in [0, 0.1) is 0 Å². The van der Waals surface area contributed by atoms with Crippen LogP contribution in [-0.4, -0.2) is 30.6 Å². The summed E-state index contributed by atoms with van der Waals surface area (Å²) in [6.07, 6.45) is 7.83. The molecule has 0 spiro atoms. The van der Waals surface area contributed by atoms with E-state index >= 15 is 0 Å². The molecule has 0 radical (unpaired) electrons. The van der Waals surface area contributed by atoms with Crippen LogP contribution in [0.5, 0.6) is 0 Å². The number of hydrogen-bond donors (Lipinski definition) is 2. The van der Waals surface area contributed by atoms with Crippen molar-refractivity contribution in [3.05, 3.63) is 41.2 Å². The first-order chi connectivity index (χ1) is 9.76. The van der Waals surface area contributed by atoms with Crippen molar-refractivity contribution in [1.82, 2.24) is 15.6 Å². The second kappa shape index (κ2) is 10.3. The van der Waals surface area contributed by atoms with Crippen LogP contribution in [0.4, 0.5) is 0 Å². The molecule has 0 unspecified atom stereocenters. The summed E-state index contributed by atoms with van der Waals surface area (Å²) in [6.45, 7) is 6.55. The molecule has 1 aromatic heterocycles. The Kier molecular flexibility index (Phi) is 8.47. The molecule has 0 amide bonds. The number of aliphatic imine (C=N–C) groups is 1. The Morgan fingerprint density at radius 1 is 1.40 bits per heavy atom. The zero-order valence-electron chi connectivity index (χ0n) is 12.2. The van der Waals surface area contributed by atoms with Gasteiger partial charge in [-0.1, -0.05) is 29.8 Å². The van der Waals surface area contributed by atoms with Crippen LogP contribution in [0.25, 0.3) is 0 Å². The van der Waals surface area contributed by atoms with Gasteiger partial charge in [-0.2, -0.15) is 0 Å². The Hall–Kier alpha value is -1.55. The van der Waals surface area contributed by atoms with Gasteiger partial charge in [0.2, 0.25) is 0 Å². The van der Waals surface area contributed by atoms with Gasteiger partial charge in [0.05, 0.1) is 0 Å². The lowest BCUT2D eigenvalue weighted by atomic mass is 10.2. The Labute approximate surface area is 126 Å². The van der Waals surface area contributed by atoms with Crippen molar-refractivity contribution in [3.8, 4) is 0 Å². The first-order valence-corrected chi connectivity index (χ1v) is 7.37. The largest absolute Gasteiger partial charge is 0.357 e. The predicted octanol–water partition coefficient (Wildman–Crippen LogP) is 2.80. The van der Waals surface area contributed by atoms with Crippen molar-refractivity contribution in [3.63, 3.8) is 0 Å². The highest BCUT2D eigenvalue weighted by atomic mass is 35.5. The molecule has 0 atom stereocenters. The predicted molar refractivity (Wildman–Crippen MR) is 86.4 cm³/mol. The van der Waals surface area contributed by atoms with Crippen LogP contribution in [0.3, 0.4) is 0 Å². The molecule has 0 saturated heterocycles. The van der Waals surface area contributed by atoms with Gasteiger partial charge in [-0.05, 0) is 38.3 Å². The molecule has 2 N–H and O–H groups in total.